The number of benzene rings is 1. The van der Waals surface area contributed by atoms with E-state index in [1.54, 1.807) is 41.5 Å². The largest absolute Gasteiger partial charge is 0.444 e. The Labute approximate surface area is 140 Å². The highest BCUT2D eigenvalue weighted by Crippen LogP contribution is 2.10. The fraction of sp³-hybridized carbons (Fsp3) is 0.105. The quantitative estimate of drug-likeness (QED) is 0.536. The summed E-state index contributed by atoms with van der Waals surface area (Å²) in [5.41, 5.74) is 1.21. The Morgan fingerprint density at radius 1 is 1.21 bits per heavy atom. The van der Waals surface area contributed by atoms with Crippen LogP contribution in [0.5, 0.6) is 0 Å². The van der Waals surface area contributed by atoms with Gasteiger partial charge in [-0.2, -0.15) is 0 Å². The molecular formula is C19H15N3O2. The summed E-state index contributed by atoms with van der Waals surface area (Å²) in [6.45, 7) is 0. The third kappa shape index (κ3) is 3.68. The van der Waals surface area contributed by atoms with E-state index in [9.17, 15) is 4.79 Å². The number of hydrogen-bond donors (Lipinski definition) is 0. The fourth-order valence-electron chi connectivity index (χ4n) is 2.23. The van der Waals surface area contributed by atoms with E-state index in [0.29, 0.717) is 12.2 Å². The first-order valence-electron chi connectivity index (χ1n) is 7.42. The van der Waals surface area contributed by atoms with Crippen LogP contribution < -0.4 is 0 Å². The van der Waals surface area contributed by atoms with E-state index in [1.165, 1.54) is 0 Å². The van der Waals surface area contributed by atoms with Gasteiger partial charge in [-0.05, 0) is 17.7 Å². The lowest BCUT2D eigenvalue weighted by Gasteiger charge is -2.12. The van der Waals surface area contributed by atoms with Crippen molar-refractivity contribution in [2.75, 3.05) is 0 Å². The van der Waals surface area contributed by atoms with Crippen LogP contribution >= 0.6 is 0 Å². The molecule has 0 radical (unpaired) electrons. The van der Waals surface area contributed by atoms with Crippen LogP contribution in [0.3, 0.4) is 0 Å². The number of carbonyl (C=O) groups is 1. The molecule has 118 valence electrons. The number of esters is 1. The lowest BCUT2D eigenvalue weighted by atomic mass is 10.1. The Morgan fingerprint density at radius 3 is 2.75 bits per heavy atom. The molecule has 0 bridgehead atoms. The van der Waals surface area contributed by atoms with E-state index in [0.717, 1.165) is 5.56 Å². The maximum atomic E-state index is 12.3. The zero-order chi connectivity index (χ0) is 16.8. The fourth-order valence-corrected chi connectivity index (χ4v) is 2.23. The number of terminal acetylenes is 1. The van der Waals surface area contributed by atoms with Crippen LogP contribution in [0.4, 0.5) is 0 Å². The van der Waals surface area contributed by atoms with Crippen molar-refractivity contribution in [2.45, 2.75) is 12.5 Å². The predicted octanol–water partition coefficient (Wildman–Crippen LogP) is 2.67. The zero-order valence-corrected chi connectivity index (χ0v) is 12.9. The molecule has 3 rings (SSSR count). The molecule has 0 spiro atoms. The number of carbonyl (C=O) groups excluding carboxylic acids is 1. The molecule has 0 aliphatic rings. The number of nitrogens with zero attached hydrogens (tertiary/aromatic N) is 3. The molecule has 0 saturated heterocycles. The first kappa shape index (κ1) is 15.5. The molecular weight excluding hydrogens is 302 g/mol. The number of pyridine rings is 1. The minimum Gasteiger partial charge on any atom is -0.444 e. The molecule has 24 heavy (non-hydrogen) atoms. The van der Waals surface area contributed by atoms with Crippen LogP contribution in [0.15, 0.2) is 67.3 Å². The van der Waals surface area contributed by atoms with Crippen LogP contribution in [0.2, 0.25) is 0 Å². The third-order valence-electron chi connectivity index (χ3n) is 3.41. The molecule has 1 atom stereocenters. The molecule has 0 N–H and O–H groups in total. The molecule has 1 unspecified atom stereocenters. The number of rotatable bonds is 5. The van der Waals surface area contributed by atoms with E-state index in [4.69, 9.17) is 11.2 Å². The predicted molar refractivity (Wildman–Crippen MR) is 89.5 cm³/mol. The second-order valence-corrected chi connectivity index (χ2v) is 5.10. The van der Waals surface area contributed by atoms with Gasteiger partial charge in [-0.1, -0.05) is 42.3 Å². The van der Waals surface area contributed by atoms with Crippen molar-refractivity contribution in [2.24, 2.45) is 0 Å². The molecule has 0 fully saturated rings. The highest BCUT2D eigenvalue weighted by atomic mass is 16.5. The maximum Gasteiger partial charge on any atom is 0.358 e. The standard InChI is InChI=1S/C19H15N3O2/c1-2-16(13-15-7-4-3-5-8-15)24-19(23)17-9-6-10-18(21-17)22-12-11-20-14-22/h1,3-12,14,16H,13H2. The topological polar surface area (TPSA) is 57.0 Å². The molecule has 3 aromatic rings. The SMILES string of the molecule is C#CC(Cc1ccccc1)OC(=O)c1cccc(-n2ccnc2)n1. The summed E-state index contributed by atoms with van der Waals surface area (Å²) >= 11 is 0. The number of aromatic nitrogens is 3. The van der Waals surface area contributed by atoms with Crippen molar-refractivity contribution in [3.05, 3.63) is 78.5 Å². The number of imidazole rings is 1. The zero-order valence-electron chi connectivity index (χ0n) is 12.9. The number of ether oxygens (including phenoxy) is 1. The van der Waals surface area contributed by atoms with Crippen LogP contribution in [0.25, 0.3) is 5.82 Å². The average Bonchev–Trinajstić information content (AvgIpc) is 3.17. The average molecular weight is 317 g/mol. The molecule has 0 saturated carbocycles. The van der Waals surface area contributed by atoms with Gasteiger partial charge in [0.15, 0.2) is 11.8 Å². The summed E-state index contributed by atoms with van der Waals surface area (Å²) < 4.78 is 7.11. The van der Waals surface area contributed by atoms with E-state index < -0.39 is 12.1 Å². The van der Waals surface area contributed by atoms with Crippen molar-refractivity contribution in [3.63, 3.8) is 0 Å². The van der Waals surface area contributed by atoms with Crippen LogP contribution in [-0.4, -0.2) is 26.6 Å². The first-order chi connectivity index (χ1) is 11.8. The highest BCUT2D eigenvalue weighted by Gasteiger charge is 2.16. The van der Waals surface area contributed by atoms with E-state index in [1.807, 2.05) is 30.3 Å². The van der Waals surface area contributed by atoms with Gasteiger partial charge in [-0.15, -0.1) is 6.42 Å². The molecule has 0 amide bonds. The molecule has 0 aliphatic heterocycles. The van der Waals surface area contributed by atoms with Crippen LogP contribution in [0, 0.1) is 12.3 Å². The second kappa shape index (κ2) is 7.25. The summed E-state index contributed by atoms with van der Waals surface area (Å²) in [5.74, 6) is 2.55. The van der Waals surface area contributed by atoms with Gasteiger partial charge in [0.1, 0.15) is 12.1 Å². The molecule has 1 aromatic carbocycles. The smallest absolute Gasteiger partial charge is 0.358 e. The van der Waals surface area contributed by atoms with Crippen molar-refractivity contribution in [3.8, 4) is 18.2 Å². The molecule has 0 aliphatic carbocycles. The Balaban J connectivity index is 1.72. The Kier molecular flexibility index (Phi) is 4.68. The number of hydrogen-bond acceptors (Lipinski definition) is 4. The van der Waals surface area contributed by atoms with Crippen molar-refractivity contribution in [1.29, 1.82) is 0 Å². The minimum atomic E-state index is -0.640. The van der Waals surface area contributed by atoms with Gasteiger partial charge in [0, 0.05) is 18.8 Å². The summed E-state index contributed by atoms with van der Waals surface area (Å²) in [5, 5.41) is 0. The molecule has 5 heteroatoms. The van der Waals surface area contributed by atoms with Gasteiger partial charge in [0.25, 0.3) is 0 Å². The van der Waals surface area contributed by atoms with Crippen LogP contribution in [0.1, 0.15) is 16.1 Å². The minimum absolute atomic E-state index is 0.203. The van der Waals surface area contributed by atoms with Gasteiger partial charge in [0.05, 0.1) is 0 Å². The van der Waals surface area contributed by atoms with E-state index >= 15 is 0 Å². The Morgan fingerprint density at radius 2 is 2.04 bits per heavy atom. The molecule has 2 aromatic heterocycles. The van der Waals surface area contributed by atoms with E-state index in [2.05, 4.69) is 15.9 Å². The summed E-state index contributed by atoms with van der Waals surface area (Å²) in [6, 6.07) is 14.8. The van der Waals surface area contributed by atoms with Gasteiger partial charge in [-0.3, -0.25) is 4.57 Å². The highest BCUT2D eigenvalue weighted by molar-refractivity contribution is 5.87. The van der Waals surface area contributed by atoms with Gasteiger partial charge < -0.3 is 4.74 Å². The van der Waals surface area contributed by atoms with Crippen molar-refractivity contribution >= 4 is 5.97 Å². The maximum absolute atomic E-state index is 12.3. The third-order valence-corrected chi connectivity index (χ3v) is 3.41. The summed E-state index contributed by atoms with van der Waals surface area (Å²) in [6.07, 6.45) is 10.3. The van der Waals surface area contributed by atoms with Crippen LogP contribution in [-0.2, 0) is 11.2 Å². The summed E-state index contributed by atoms with van der Waals surface area (Å²) in [4.78, 5) is 20.6. The summed E-state index contributed by atoms with van der Waals surface area (Å²) in [7, 11) is 0. The second-order valence-electron chi connectivity index (χ2n) is 5.10. The van der Waals surface area contributed by atoms with Gasteiger partial charge >= 0.3 is 5.97 Å². The molecule has 2 heterocycles. The Bertz CT molecular complexity index is 852. The first-order valence-corrected chi connectivity index (χ1v) is 7.42. The normalized spacial score (nSPS) is 11.5. The monoisotopic (exact) mass is 317 g/mol. The Hall–Kier alpha value is -3.39. The van der Waals surface area contributed by atoms with E-state index in [-0.39, 0.29) is 5.69 Å². The lowest BCUT2D eigenvalue weighted by Crippen LogP contribution is -2.20. The van der Waals surface area contributed by atoms with Gasteiger partial charge in [-0.25, -0.2) is 14.8 Å². The van der Waals surface area contributed by atoms with Crippen molar-refractivity contribution in [1.82, 2.24) is 14.5 Å². The van der Waals surface area contributed by atoms with Gasteiger partial charge in [0.2, 0.25) is 0 Å². The molecule has 5 nitrogen and oxygen atoms in total. The lowest BCUT2D eigenvalue weighted by molar-refractivity contribution is 0.0404. The van der Waals surface area contributed by atoms with Crippen molar-refractivity contribution < 1.29 is 9.53 Å².